The molecule has 0 atom stereocenters. The Hall–Kier alpha value is -2.36. The molecule has 23 heavy (non-hydrogen) atoms. The number of rotatable bonds is 6. The first-order valence-corrected chi connectivity index (χ1v) is 8.32. The summed E-state index contributed by atoms with van der Waals surface area (Å²) in [6.07, 6.45) is 5.01. The number of carbonyl (C=O) groups is 1. The molecule has 1 aliphatic rings. The topological polar surface area (TPSA) is 45.2 Å². The van der Waals surface area contributed by atoms with Gasteiger partial charge in [0, 0.05) is 19.0 Å². The molecule has 1 aromatic carbocycles. The summed E-state index contributed by atoms with van der Waals surface area (Å²) in [6, 6.07) is 14.3. The maximum Gasteiger partial charge on any atom is 0.228 e. The van der Waals surface area contributed by atoms with Crippen molar-refractivity contribution in [1.82, 2.24) is 4.98 Å². The highest BCUT2D eigenvalue weighted by molar-refractivity contribution is 5.92. The van der Waals surface area contributed by atoms with Gasteiger partial charge in [0.15, 0.2) is 0 Å². The molecule has 1 aromatic heterocycles. The smallest absolute Gasteiger partial charge is 0.228 e. The van der Waals surface area contributed by atoms with E-state index in [0.29, 0.717) is 5.82 Å². The molecule has 1 N–H and O–H groups in total. The van der Waals surface area contributed by atoms with Gasteiger partial charge in [-0.05, 0) is 37.5 Å². The average Bonchev–Trinajstić information content (AvgIpc) is 2.53. The highest BCUT2D eigenvalue weighted by atomic mass is 16.2. The number of aromatic nitrogens is 1. The Morgan fingerprint density at radius 3 is 2.57 bits per heavy atom. The standard InChI is InChI=1S/C19H23N3O/c1-2-22(14-15-7-4-3-5-8-15)17-11-12-18(20-13-17)21-19(23)16-9-6-10-16/h3-5,7-8,11-13,16H,2,6,9-10,14H2,1H3,(H,20,21,23). The van der Waals surface area contributed by atoms with Crippen LogP contribution in [0.4, 0.5) is 11.5 Å². The number of nitrogens with one attached hydrogen (secondary N) is 1. The van der Waals surface area contributed by atoms with Crippen LogP contribution in [0.1, 0.15) is 31.7 Å². The average molecular weight is 309 g/mol. The van der Waals surface area contributed by atoms with Crippen LogP contribution in [0.5, 0.6) is 0 Å². The van der Waals surface area contributed by atoms with Crippen LogP contribution in [-0.2, 0) is 11.3 Å². The van der Waals surface area contributed by atoms with Crippen LogP contribution in [-0.4, -0.2) is 17.4 Å². The van der Waals surface area contributed by atoms with Gasteiger partial charge in [-0.25, -0.2) is 4.98 Å². The zero-order chi connectivity index (χ0) is 16.1. The van der Waals surface area contributed by atoms with Gasteiger partial charge in [0.2, 0.25) is 5.91 Å². The highest BCUT2D eigenvalue weighted by Crippen LogP contribution is 2.27. The lowest BCUT2D eigenvalue weighted by molar-refractivity contribution is -0.122. The Morgan fingerprint density at radius 2 is 2.00 bits per heavy atom. The monoisotopic (exact) mass is 309 g/mol. The van der Waals surface area contributed by atoms with Gasteiger partial charge in [-0.1, -0.05) is 36.8 Å². The molecular weight excluding hydrogens is 286 g/mol. The molecule has 1 saturated carbocycles. The molecule has 1 aliphatic carbocycles. The van der Waals surface area contributed by atoms with Crippen molar-refractivity contribution in [2.75, 3.05) is 16.8 Å². The summed E-state index contributed by atoms with van der Waals surface area (Å²) in [5, 5.41) is 2.91. The minimum atomic E-state index is 0.105. The van der Waals surface area contributed by atoms with Gasteiger partial charge < -0.3 is 10.2 Å². The molecule has 4 nitrogen and oxygen atoms in total. The molecule has 1 fully saturated rings. The van der Waals surface area contributed by atoms with E-state index in [0.717, 1.165) is 38.0 Å². The number of anilines is 2. The van der Waals surface area contributed by atoms with E-state index in [-0.39, 0.29) is 11.8 Å². The summed E-state index contributed by atoms with van der Waals surface area (Å²) in [5.41, 5.74) is 2.34. The highest BCUT2D eigenvalue weighted by Gasteiger charge is 2.25. The molecule has 0 bridgehead atoms. The predicted molar refractivity (Wildman–Crippen MR) is 93.4 cm³/mol. The van der Waals surface area contributed by atoms with Gasteiger partial charge in [-0.15, -0.1) is 0 Å². The molecular formula is C19H23N3O. The summed E-state index contributed by atoms with van der Waals surface area (Å²) in [7, 11) is 0. The fourth-order valence-corrected chi connectivity index (χ4v) is 2.74. The molecule has 0 saturated heterocycles. The van der Waals surface area contributed by atoms with Crippen LogP contribution >= 0.6 is 0 Å². The number of amides is 1. The lowest BCUT2D eigenvalue weighted by Gasteiger charge is -2.24. The van der Waals surface area contributed by atoms with Crippen molar-refractivity contribution >= 4 is 17.4 Å². The summed E-state index contributed by atoms with van der Waals surface area (Å²) in [5.74, 6) is 0.927. The Labute approximate surface area is 137 Å². The second-order valence-corrected chi connectivity index (χ2v) is 6.02. The number of hydrogen-bond donors (Lipinski definition) is 1. The summed E-state index contributed by atoms with van der Waals surface area (Å²) < 4.78 is 0. The van der Waals surface area contributed by atoms with E-state index in [9.17, 15) is 4.79 Å². The molecule has 1 heterocycles. The van der Waals surface area contributed by atoms with Crippen molar-refractivity contribution in [3.63, 3.8) is 0 Å². The largest absolute Gasteiger partial charge is 0.366 e. The SMILES string of the molecule is CCN(Cc1ccccc1)c1ccc(NC(=O)C2CCC2)nc1. The number of carbonyl (C=O) groups excluding carboxylic acids is 1. The van der Waals surface area contributed by atoms with E-state index in [4.69, 9.17) is 0 Å². The van der Waals surface area contributed by atoms with Crippen LogP contribution in [0.2, 0.25) is 0 Å². The fraction of sp³-hybridized carbons (Fsp3) is 0.368. The first kappa shape index (κ1) is 15.5. The zero-order valence-corrected chi connectivity index (χ0v) is 13.5. The lowest BCUT2D eigenvalue weighted by Crippen LogP contribution is -2.28. The van der Waals surface area contributed by atoms with E-state index >= 15 is 0 Å². The molecule has 0 spiro atoms. The summed E-state index contributed by atoms with van der Waals surface area (Å²) in [6.45, 7) is 3.90. The summed E-state index contributed by atoms with van der Waals surface area (Å²) in [4.78, 5) is 18.6. The van der Waals surface area contributed by atoms with Gasteiger partial charge in [0.05, 0.1) is 11.9 Å². The van der Waals surface area contributed by atoms with Crippen LogP contribution in [0, 0.1) is 5.92 Å². The third kappa shape index (κ3) is 3.89. The molecule has 3 rings (SSSR count). The third-order valence-electron chi connectivity index (χ3n) is 4.44. The van der Waals surface area contributed by atoms with E-state index in [1.807, 2.05) is 24.4 Å². The Morgan fingerprint density at radius 1 is 1.22 bits per heavy atom. The van der Waals surface area contributed by atoms with Crippen molar-refractivity contribution in [3.8, 4) is 0 Å². The normalized spacial score (nSPS) is 14.1. The zero-order valence-electron chi connectivity index (χ0n) is 13.5. The Bertz CT molecular complexity index is 635. The summed E-state index contributed by atoms with van der Waals surface area (Å²) >= 11 is 0. The van der Waals surface area contributed by atoms with Crippen molar-refractivity contribution < 1.29 is 4.79 Å². The Balaban J connectivity index is 1.63. The molecule has 0 radical (unpaired) electrons. The lowest BCUT2D eigenvalue weighted by atomic mass is 9.85. The third-order valence-corrected chi connectivity index (χ3v) is 4.44. The van der Waals surface area contributed by atoms with Crippen LogP contribution in [0.3, 0.4) is 0 Å². The minimum absolute atomic E-state index is 0.105. The van der Waals surface area contributed by atoms with Crippen molar-refractivity contribution in [2.24, 2.45) is 5.92 Å². The van der Waals surface area contributed by atoms with Gasteiger partial charge in [0.1, 0.15) is 5.82 Å². The molecule has 120 valence electrons. The molecule has 0 unspecified atom stereocenters. The van der Waals surface area contributed by atoms with Crippen molar-refractivity contribution in [3.05, 3.63) is 54.2 Å². The molecule has 1 amide bonds. The van der Waals surface area contributed by atoms with E-state index in [1.165, 1.54) is 5.56 Å². The van der Waals surface area contributed by atoms with E-state index < -0.39 is 0 Å². The maximum absolute atomic E-state index is 11.9. The van der Waals surface area contributed by atoms with Crippen LogP contribution in [0.25, 0.3) is 0 Å². The second-order valence-electron chi connectivity index (χ2n) is 6.02. The second kappa shape index (κ2) is 7.27. The van der Waals surface area contributed by atoms with Gasteiger partial charge in [-0.2, -0.15) is 0 Å². The number of hydrogen-bond acceptors (Lipinski definition) is 3. The van der Waals surface area contributed by atoms with Crippen LogP contribution in [0.15, 0.2) is 48.7 Å². The van der Waals surface area contributed by atoms with E-state index in [2.05, 4.69) is 46.4 Å². The van der Waals surface area contributed by atoms with Crippen molar-refractivity contribution in [1.29, 1.82) is 0 Å². The molecule has 2 aromatic rings. The predicted octanol–water partition coefficient (Wildman–Crippen LogP) is 3.85. The fourth-order valence-electron chi connectivity index (χ4n) is 2.74. The Kier molecular flexibility index (Phi) is 4.91. The first-order chi connectivity index (χ1) is 11.3. The van der Waals surface area contributed by atoms with Gasteiger partial charge in [0.25, 0.3) is 0 Å². The van der Waals surface area contributed by atoms with Crippen LogP contribution < -0.4 is 10.2 Å². The van der Waals surface area contributed by atoms with Gasteiger partial charge in [-0.3, -0.25) is 4.79 Å². The minimum Gasteiger partial charge on any atom is -0.366 e. The number of pyridine rings is 1. The van der Waals surface area contributed by atoms with E-state index in [1.54, 1.807) is 0 Å². The van der Waals surface area contributed by atoms with Gasteiger partial charge >= 0.3 is 0 Å². The van der Waals surface area contributed by atoms with Crippen molar-refractivity contribution in [2.45, 2.75) is 32.7 Å². The number of nitrogens with zero attached hydrogens (tertiary/aromatic N) is 2. The molecule has 4 heteroatoms. The first-order valence-electron chi connectivity index (χ1n) is 8.32. The number of benzene rings is 1. The maximum atomic E-state index is 11.9. The molecule has 0 aliphatic heterocycles. The quantitative estimate of drug-likeness (QED) is 0.881.